The summed E-state index contributed by atoms with van der Waals surface area (Å²) in [7, 11) is 0. The summed E-state index contributed by atoms with van der Waals surface area (Å²) in [5, 5.41) is 0. The molecule has 0 bridgehead atoms. The van der Waals surface area contributed by atoms with Gasteiger partial charge in [0.2, 0.25) is 5.91 Å². The Morgan fingerprint density at radius 2 is 1.68 bits per heavy atom. The van der Waals surface area contributed by atoms with Gasteiger partial charge < -0.3 is 9.64 Å². The molecular weight excluding hydrogens is 274 g/mol. The van der Waals surface area contributed by atoms with E-state index < -0.39 is 0 Å². The third-order valence-corrected chi connectivity index (χ3v) is 4.29. The minimum atomic E-state index is -0.0496. The molecule has 3 heteroatoms. The molecule has 1 saturated heterocycles. The zero-order valence-corrected chi connectivity index (χ0v) is 12.2. The van der Waals surface area contributed by atoms with Crippen LogP contribution < -0.4 is 0 Å². The van der Waals surface area contributed by atoms with Crippen molar-refractivity contribution in [1.29, 1.82) is 0 Å². The number of carbonyl (C=O) groups excluding carboxylic acids is 1. The van der Waals surface area contributed by atoms with Crippen molar-refractivity contribution in [2.45, 2.75) is 25.1 Å². The van der Waals surface area contributed by atoms with Gasteiger partial charge in [-0.1, -0.05) is 60.7 Å². The van der Waals surface area contributed by atoms with E-state index in [2.05, 4.69) is 18.2 Å². The van der Waals surface area contributed by atoms with Crippen molar-refractivity contribution < 1.29 is 9.53 Å². The predicted molar refractivity (Wildman–Crippen MR) is 84.7 cm³/mol. The standard InChI is InChI=1S/C19H17NO2/c21-19-12-18-16(20(19)13-14-7-3-1-4-8-14)11-17(22-18)15-9-5-2-6-10-15/h1-11,16,18H,12-13H2/t16-,18-/m0/s1. The Kier molecular flexibility index (Phi) is 3.19. The van der Waals surface area contributed by atoms with Gasteiger partial charge in [-0.25, -0.2) is 0 Å². The maximum absolute atomic E-state index is 12.3. The molecule has 2 aliphatic rings. The molecule has 0 saturated carbocycles. The molecule has 2 aromatic rings. The summed E-state index contributed by atoms with van der Waals surface area (Å²) in [5.74, 6) is 1.06. The van der Waals surface area contributed by atoms with E-state index >= 15 is 0 Å². The third kappa shape index (κ3) is 2.29. The van der Waals surface area contributed by atoms with Crippen LogP contribution in [0.25, 0.3) is 5.76 Å². The van der Waals surface area contributed by atoms with Crippen LogP contribution >= 0.6 is 0 Å². The van der Waals surface area contributed by atoms with E-state index in [1.165, 1.54) is 0 Å². The normalized spacial score (nSPS) is 23.2. The van der Waals surface area contributed by atoms with Gasteiger partial charge in [-0.2, -0.15) is 0 Å². The second kappa shape index (κ2) is 5.34. The summed E-state index contributed by atoms with van der Waals surface area (Å²) >= 11 is 0. The highest BCUT2D eigenvalue weighted by Gasteiger charge is 2.44. The largest absolute Gasteiger partial charge is 0.487 e. The number of hydrogen-bond donors (Lipinski definition) is 0. The van der Waals surface area contributed by atoms with Crippen LogP contribution in [0.15, 0.2) is 66.7 Å². The molecule has 2 heterocycles. The Labute approximate surface area is 129 Å². The second-order valence-corrected chi connectivity index (χ2v) is 5.76. The number of ether oxygens (including phenoxy) is 1. The molecule has 1 amide bonds. The SMILES string of the molecule is O=C1C[C@@H]2OC(c3ccccc3)=C[C@@H]2N1Cc1ccccc1. The van der Waals surface area contributed by atoms with Crippen LogP contribution in [-0.2, 0) is 16.1 Å². The molecule has 0 unspecified atom stereocenters. The van der Waals surface area contributed by atoms with E-state index in [0.29, 0.717) is 13.0 Å². The quantitative estimate of drug-likeness (QED) is 0.869. The molecule has 1 fully saturated rings. The third-order valence-electron chi connectivity index (χ3n) is 4.29. The van der Waals surface area contributed by atoms with Crippen LogP contribution in [0.2, 0.25) is 0 Å². The molecule has 22 heavy (non-hydrogen) atoms. The molecule has 2 aromatic carbocycles. The zero-order chi connectivity index (χ0) is 14.9. The number of carbonyl (C=O) groups is 1. The van der Waals surface area contributed by atoms with Gasteiger partial charge in [0.25, 0.3) is 0 Å². The van der Waals surface area contributed by atoms with Crippen molar-refractivity contribution in [3.05, 3.63) is 77.9 Å². The van der Waals surface area contributed by atoms with E-state index in [4.69, 9.17) is 4.74 Å². The number of hydrogen-bond acceptors (Lipinski definition) is 2. The van der Waals surface area contributed by atoms with Crippen molar-refractivity contribution >= 4 is 11.7 Å². The summed E-state index contributed by atoms with van der Waals surface area (Å²) in [6.45, 7) is 0.642. The molecule has 2 atom stereocenters. The maximum atomic E-state index is 12.3. The van der Waals surface area contributed by atoms with Gasteiger partial charge in [0.05, 0.1) is 12.5 Å². The molecule has 0 radical (unpaired) electrons. The molecule has 0 spiro atoms. The molecule has 4 rings (SSSR count). The second-order valence-electron chi connectivity index (χ2n) is 5.76. The maximum Gasteiger partial charge on any atom is 0.227 e. The van der Waals surface area contributed by atoms with E-state index in [0.717, 1.165) is 16.9 Å². The lowest BCUT2D eigenvalue weighted by Gasteiger charge is -2.21. The molecule has 0 N–H and O–H groups in total. The molecule has 0 aliphatic carbocycles. The number of benzene rings is 2. The van der Waals surface area contributed by atoms with Crippen molar-refractivity contribution in [3.63, 3.8) is 0 Å². The molecule has 2 aliphatic heterocycles. The summed E-state index contributed by atoms with van der Waals surface area (Å²) in [6, 6.07) is 20.2. The highest BCUT2D eigenvalue weighted by Crippen LogP contribution is 2.36. The first-order chi connectivity index (χ1) is 10.8. The van der Waals surface area contributed by atoms with Gasteiger partial charge in [-0.3, -0.25) is 4.79 Å². The molecule has 0 aromatic heterocycles. The summed E-state index contributed by atoms with van der Waals surface area (Å²) in [4.78, 5) is 14.2. The Morgan fingerprint density at radius 1 is 1.00 bits per heavy atom. The van der Waals surface area contributed by atoms with Crippen LogP contribution in [0.4, 0.5) is 0 Å². The van der Waals surface area contributed by atoms with Crippen molar-refractivity contribution in [2.24, 2.45) is 0 Å². The summed E-state index contributed by atoms with van der Waals surface area (Å²) in [6.07, 6.45) is 2.50. The van der Waals surface area contributed by atoms with Crippen molar-refractivity contribution in [3.8, 4) is 0 Å². The van der Waals surface area contributed by atoms with Gasteiger partial charge in [-0.05, 0) is 11.6 Å². The minimum Gasteiger partial charge on any atom is -0.487 e. The van der Waals surface area contributed by atoms with Gasteiger partial charge in [0, 0.05) is 12.1 Å². The molecule has 3 nitrogen and oxygen atoms in total. The fraction of sp³-hybridized carbons (Fsp3) is 0.211. The van der Waals surface area contributed by atoms with Crippen LogP contribution in [0.3, 0.4) is 0 Å². The molecular formula is C19H17NO2. The number of fused-ring (bicyclic) bond motifs is 1. The highest BCUT2D eigenvalue weighted by atomic mass is 16.5. The lowest BCUT2D eigenvalue weighted by molar-refractivity contribution is -0.129. The topological polar surface area (TPSA) is 29.5 Å². The fourth-order valence-corrected chi connectivity index (χ4v) is 3.18. The Balaban J connectivity index is 1.59. The van der Waals surface area contributed by atoms with Gasteiger partial charge in [0.1, 0.15) is 11.9 Å². The first-order valence-electron chi connectivity index (χ1n) is 7.58. The van der Waals surface area contributed by atoms with Gasteiger partial charge in [0.15, 0.2) is 0 Å². The van der Waals surface area contributed by atoms with Crippen LogP contribution in [-0.4, -0.2) is 23.0 Å². The van der Waals surface area contributed by atoms with E-state index in [-0.39, 0.29) is 18.1 Å². The monoisotopic (exact) mass is 291 g/mol. The Bertz CT molecular complexity index is 709. The average molecular weight is 291 g/mol. The average Bonchev–Trinajstić information content (AvgIpc) is 3.09. The molecule has 110 valence electrons. The number of nitrogens with zero attached hydrogens (tertiary/aromatic N) is 1. The van der Waals surface area contributed by atoms with Crippen molar-refractivity contribution in [2.75, 3.05) is 0 Å². The Hall–Kier alpha value is -2.55. The van der Waals surface area contributed by atoms with Crippen LogP contribution in [0, 0.1) is 0 Å². The van der Waals surface area contributed by atoms with E-state index in [9.17, 15) is 4.79 Å². The highest BCUT2D eigenvalue weighted by molar-refractivity contribution is 5.82. The predicted octanol–water partition coefficient (Wildman–Crippen LogP) is 3.23. The fourth-order valence-electron chi connectivity index (χ4n) is 3.18. The van der Waals surface area contributed by atoms with Crippen molar-refractivity contribution in [1.82, 2.24) is 4.90 Å². The minimum absolute atomic E-state index is 0.0444. The van der Waals surface area contributed by atoms with E-state index in [1.807, 2.05) is 53.4 Å². The lowest BCUT2D eigenvalue weighted by atomic mass is 10.1. The smallest absolute Gasteiger partial charge is 0.227 e. The van der Waals surface area contributed by atoms with Crippen LogP contribution in [0.5, 0.6) is 0 Å². The summed E-state index contributed by atoms with van der Waals surface area (Å²) in [5.41, 5.74) is 2.22. The summed E-state index contributed by atoms with van der Waals surface area (Å²) < 4.78 is 6.01. The van der Waals surface area contributed by atoms with Crippen LogP contribution in [0.1, 0.15) is 17.5 Å². The van der Waals surface area contributed by atoms with Gasteiger partial charge in [-0.15, -0.1) is 0 Å². The van der Waals surface area contributed by atoms with Gasteiger partial charge >= 0.3 is 0 Å². The first kappa shape index (κ1) is 13.1. The number of amides is 1. The van der Waals surface area contributed by atoms with E-state index in [1.54, 1.807) is 0 Å². The lowest BCUT2D eigenvalue weighted by Crippen LogP contribution is -2.33. The Morgan fingerprint density at radius 3 is 2.41 bits per heavy atom. The number of rotatable bonds is 3. The first-order valence-corrected chi connectivity index (χ1v) is 7.58. The zero-order valence-electron chi connectivity index (χ0n) is 12.2. The number of likely N-dealkylation sites (tertiary alicyclic amines) is 1.